The SMILES string of the molecule is c1ccc(-c2ccc([C@H]3CO3)s2)cc1. The molecule has 1 aromatic carbocycles. The summed E-state index contributed by atoms with van der Waals surface area (Å²) in [5.41, 5.74) is 1.30. The highest BCUT2D eigenvalue weighted by Gasteiger charge is 2.26. The second-order valence-electron chi connectivity index (χ2n) is 3.39. The minimum atomic E-state index is 0.387. The van der Waals surface area contributed by atoms with Crippen LogP contribution >= 0.6 is 11.3 Å². The fraction of sp³-hybridized carbons (Fsp3) is 0.167. The van der Waals surface area contributed by atoms with Crippen molar-refractivity contribution in [2.75, 3.05) is 6.61 Å². The van der Waals surface area contributed by atoms with Crippen LogP contribution in [0.4, 0.5) is 0 Å². The van der Waals surface area contributed by atoms with E-state index in [0.29, 0.717) is 6.10 Å². The number of epoxide rings is 1. The highest BCUT2D eigenvalue weighted by Crippen LogP contribution is 2.38. The lowest BCUT2D eigenvalue weighted by Gasteiger charge is -1.94. The molecule has 1 atom stereocenters. The van der Waals surface area contributed by atoms with E-state index in [1.54, 1.807) is 0 Å². The Balaban J connectivity index is 1.96. The fourth-order valence-electron chi connectivity index (χ4n) is 1.50. The largest absolute Gasteiger partial charge is 0.367 e. The molecule has 70 valence electrons. The predicted molar refractivity (Wildman–Crippen MR) is 58.4 cm³/mol. The quantitative estimate of drug-likeness (QED) is 0.679. The van der Waals surface area contributed by atoms with Crippen LogP contribution in [-0.4, -0.2) is 6.61 Å². The average Bonchev–Trinajstić information content (AvgIpc) is 2.98. The van der Waals surface area contributed by atoms with Crippen molar-refractivity contribution in [3.8, 4) is 10.4 Å². The summed E-state index contributed by atoms with van der Waals surface area (Å²) in [5.74, 6) is 0. The smallest absolute Gasteiger partial charge is 0.115 e. The normalized spacial score (nSPS) is 19.6. The van der Waals surface area contributed by atoms with Gasteiger partial charge in [0.25, 0.3) is 0 Å². The Labute approximate surface area is 87.0 Å². The second-order valence-corrected chi connectivity index (χ2v) is 4.51. The van der Waals surface area contributed by atoms with Crippen molar-refractivity contribution in [1.82, 2.24) is 0 Å². The van der Waals surface area contributed by atoms with Crippen LogP contribution in [0.3, 0.4) is 0 Å². The Hall–Kier alpha value is -1.12. The molecule has 2 heteroatoms. The van der Waals surface area contributed by atoms with E-state index in [9.17, 15) is 0 Å². The molecule has 0 amide bonds. The maximum absolute atomic E-state index is 5.25. The molecule has 0 unspecified atom stereocenters. The van der Waals surface area contributed by atoms with Crippen LogP contribution in [0.25, 0.3) is 10.4 Å². The van der Waals surface area contributed by atoms with Crippen LogP contribution in [0, 0.1) is 0 Å². The van der Waals surface area contributed by atoms with E-state index in [2.05, 4.69) is 36.4 Å². The maximum Gasteiger partial charge on any atom is 0.115 e. The number of hydrogen-bond donors (Lipinski definition) is 0. The Morgan fingerprint density at radius 3 is 2.57 bits per heavy atom. The minimum Gasteiger partial charge on any atom is -0.367 e. The Bertz CT molecular complexity index is 429. The Kier molecular flexibility index (Phi) is 1.89. The van der Waals surface area contributed by atoms with Gasteiger partial charge in [0.05, 0.1) is 6.61 Å². The molecule has 0 bridgehead atoms. The van der Waals surface area contributed by atoms with Crippen LogP contribution in [0.1, 0.15) is 11.0 Å². The molecule has 0 spiro atoms. The van der Waals surface area contributed by atoms with E-state index in [-0.39, 0.29) is 0 Å². The van der Waals surface area contributed by atoms with Crippen LogP contribution in [0.15, 0.2) is 42.5 Å². The van der Waals surface area contributed by atoms with Gasteiger partial charge in [-0.2, -0.15) is 0 Å². The summed E-state index contributed by atoms with van der Waals surface area (Å²) in [5, 5.41) is 0. The number of ether oxygens (including phenoxy) is 1. The molecule has 14 heavy (non-hydrogen) atoms. The fourth-order valence-corrected chi connectivity index (χ4v) is 2.54. The van der Waals surface area contributed by atoms with Crippen molar-refractivity contribution in [2.45, 2.75) is 6.10 Å². The molecule has 1 saturated heterocycles. The van der Waals surface area contributed by atoms with E-state index < -0.39 is 0 Å². The summed E-state index contributed by atoms with van der Waals surface area (Å²) in [6.45, 7) is 0.898. The molecule has 0 radical (unpaired) electrons. The zero-order chi connectivity index (χ0) is 9.38. The highest BCUT2D eigenvalue weighted by molar-refractivity contribution is 7.15. The van der Waals surface area contributed by atoms with Gasteiger partial charge >= 0.3 is 0 Å². The minimum absolute atomic E-state index is 0.387. The zero-order valence-corrected chi connectivity index (χ0v) is 8.46. The van der Waals surface area contributed by atoms with Gasteiger partial charge in [-0.3, -0.25) is 0 Å². The van der Waals surface area contributed by atoms with E-state index in [1.807, 2.05) is 17.4 Å². The first-order valence-corrected chi connectivity index (χ1v) is 5.52. The third-order valence-corrected chi connectivity index (χ3v) is 3.56. The molecule has 1 aliphatic heterocycles. The first-order valence-electron chi connectivity index (χ1n) is 4.70. The molecule has 1 aromatic heterocycles. The number of rotatable bonds is 2. The molecule has 0 N–H and O–H groups in total. The molecule has 1 fully saturated rings. The molecule has 0 saturated carbocycles. The first kappa shape index (κ1) is 8.21. The zero-order valence-electron chi connectivity index (χ0n) is 7.64. The van der Waals surface area contributed by atoms with Gasteiger partial charge in [-0.25, -0.2) is 0 Å². The van der Waals surface area contributed by atoms with Gasteiger partial charge in [0.1, 0.15) is 6.10 Å². The topological polar surface area (TPSA) is 12.5 Å². The lowest BCUT2D eigenvalue weighted by molar-refractivity contribution is 0.418. The van der Waals surface area contributed by atoms with Gasteiger partial charge in [0, 0.05) is 9.75 Å². The van der Waals surface area contributed by atoms with Crippen molar-refractivity contribution in [2.24, 2.45) is 0 Å². The van der Waals surface area contributed by atoms with Crippen LogP contribution in [-0.2, 0) is 4.74 Å². The first-order chi connectivity index (χ1) is 6.93. The highest BCUT2D eigenvalue weighted by atomic mass is 32.1. The van der Waals surface area contributed by atoms with E-state index in [1.165, 1.54) is 15.3 Å². The summed E-state index contributed by atoms with van der Waals surface area (Å²) in [6, 6.07) is 14.8. The maximum atomic E-state index is 5.25. The molecule has 1 aliphatic rings. The average molecular weight is 202 g/mol. The molecule has 3 rings (SSSR count). The van der Waals surface area contributed by atoms with Crippen molar-refractivity contribution >= 4 is 11.3 Å². The van der Waals surface area contributed by atoms with Crippen LogP contribution < -0.4 is 0 Å². The van der Waals surface area contributed by atoms with Crippen molar-refractivity contribution < 1.29 is 4.74 Å². The summed E-state index contributed by atoms with van der Waals surface area (Å²) < 4.78 is 5.25. The summed E-state index contributed by atoms with van der Waals surface area (Å²) in [4.78, 5) is 2.68. The molecule has 2 heterocycles. The number of thiophene rings is 1. The van der Waals surface area contributed by atoms with Gasteiger partial charge in [0.2, 0.25) is 0 Å². The van der Waals surface area contributed by atoms with Crippen LogP contribution in [0.5, 0.6) is 0 Å². The van der Waals surface area contributed by atoms with Gasteiger partial charge in [-0.1, -0.05) is 30.3 Å². The van der Waals surface area contributed by atoms with Gasteiger partial charge in [0.15, 0.2) is 0 Å². The van der Waals surface area contributed by atoms with Gasteiger partial charge < -0.3 is 4.74 Å². The second kappa shape index (κ2) is 3.23. The molecule has 0 aliphatic carbocycles. The van der Waals surface area contributed by atoms with Crippen molar-refractivity contribution in [1.29, 1.82) is 0 Å². The summed E-state index contributed by atoms with van der Waals surface area (Å²) in [7, 11) is 0. The summed E-state index contributed by atoms with van der Waals surface area (Å²) in [6.07, 6.45) is 0.387. The van der Waals surface area contributed by atoms with E-state index in [4.69, 9.17) is 4.74 Å². The van der Waals surface area contributed by atoms with Crippen molar-refractivity contribution in [3.05, 3.63) is 47.3 Å². The molecule has 1 nitrogen and oxygen atoms in total. The van der Waals surface area contributed by atoms with E-state index in [0.717, 1.165) is 6.61 Å². The Morgan fingerprint density at radius 1 is 1.07 bits per heavy atom. The molecular formula is C12H10OS. The molecular weight excluding hydrogens is 192 g/mol. The van der Waals surface area contributed by atoms with Crippen molar-refractivity contribution in [3.63, 3.8) is 0 Å². The number of benzene rings is 1. The third-order valence-electron chi connectivity index (χ3n) is 2.34. The molecule has 2 aromatic rings. The number of hydrogen-bond acceptors (Lipinski definition) is 2. The lowest BCUT2D eigenvalue weighted by atomic mass is 10.2. The standard InChI is InChI=1S/C12H10OS/c1-2-4-9(5-3-1)11-6-7-12(14-11)10-8-13-10/h1-7,10H,8H2/t10-/m1/s1. The Morgan fingerprint density at radius 2 is 1.86 bits per heavy atom. The summed E-state index contributed by atoms with van der Waals surface area (Å²) >= 11 is 1.83. The lowest BCUT2D eigenvalue weighted by Crippen LogP contribution is -1.68. The van der Waals surface area contributed by atoms with Gasteiger partial charge in [-0.05, 0) is 17.7 Å². The van der Waals surface area contributed by atoms with E-state index >= 15 is 0 Å². The van der Waals surface area contributed by atoms with Crippen LogP contribution in [0.2, 0.25) is 0 Å². The monoisotopic (exact) mass is 202 g/mol. The third kappa shape index (κ3) is 1.47. The van der Waals surface area contributed by atoms with Gasteiger partial charge in [-0.15, -0.1) is 11.3 Å². The predicted octanol–water partition coefficient (Wildman–Crippen LogP) is 3.49.